The fraction of sp³-hybridized carbons (Fsp3) is 1.00. The van der Waals surface area contributed by atoms with E-state index in [9.17, 15) is 0 Å². The smallest absolute Gasteiger partial charge is 0.0223 e. The van der Waals surface area contributed by atoms with Crippen LogP contribution in [0.25, 0.3) is 0 Å². The third-order valence-electron chi connectivity index (χ3n) is 4.16. The second-order valence-electron chi connectivity index (χ2n) is 7.19. The molecule has 1 N–H and O–H groups in total. The molecule has 19 heavy (non-hydrogen) atoms. The molecule has 1 fully saturated rings. The third-order valence-corrected chi connectivity index (χ3v) is 4.16. The molecule has 3 nitrogen and oxygen atoms in total. The molecule has 1 saturated heterocycles. The van der Waals surface area contributed by atoms with Crippen molar-refractivity contribution in [2.75, 3.05) is 40.3 Å². The molecule has 0 spiro atoms. The van der Waals surface area contributed by atoms with Gasteiger partial charge >= 0.3 is 0 Å². The molecule has 0 bridgehead atoms. The number of nitrogens with one attached hydrogen (secondary N) is 1. The standard InChI is InChI=1S/C16H35N3/c1-13(2)10-15-11-17-16(14(3)4)12-19(15)9-7-8-18(5)6/h13-17H,7-12H2,1-6H3. The summed E-state index contributed by atoms with van der Waals surface area (Å²) in [6.07, 6.45) is 2.60. The van der Waals surface area contributed by atoms with Crippen LogP contribution in [0.2, 0.25) is 0 Å². The third kappa shape index (κ3) is 6.24. The number of nitrogens with zero attached hydrogens (tertiary/aromatic N) is 2. The zero-order valence-corrected chi connectivity index (χ0v) is 13.9. The first-order valence-corrected chi connectivity index (χ1v) is 8.02. The monoisotopic (exact) mass is 269 g/mol. The zero-order valence-electron chi connectivity index (χ0n) is 13.9. The van der Waals surface area contributed by atoms with Crippen LogP contribution in [-0.2, 0) is 0 Å². The lowest BCUT2D eigenvalue weighted by Crippen LogP contribution is -2.58. The highest BCUT2D eigenvalue weighted by molar-refractivity contribution is 4.88. The fourth-order valence-electron chi connectivity index (χ4n) is 2.97. The quantitative estimate of drug-likeness (QED) is 0.765. The Labute approximate surface area is 120 Å². The molecule has 3 heteroatoms. The minimum absolute atomic E-state index is 0.669. The van der Waals surface area contributed by atoms with E-state index in [1.807, 2.05) is 0 Å². The highest BCUT2D eigenvalue weighted by Crippen LogP contribution is 2.18. The average Bonchev–Trinajstić information content (AvgIpc) is 2.29. The molecule has 0 saturated carbocycles. The first-order chi connectivity index (χ1) is 8.90. The Balaban J connectivity index is 2.49. The number of hydrogen-bond acceptors (Lipinski definition) is 3. The molecule has 0 amide bonds. The van der Waals surface area contributed by atoms with Crippen molar-refractivity contribution in [1.29, 1.82) is 0 Å². The minimum Gasteiger partial charge on any atom is -0.311 e. The van der Waals surface area contributed by atoms with Gasteiger partial charge in [-0.15, -0.1) is 0 Å². The van der Waals surface area contributed by atoms with Gasteiger partial charge in [-0.3, -0.25) is 4.90 Å². The average molecular weight is 269 g/mol. The second-order valence-corrected chi connectivity index (χ2v) is 7.19. The highest BCUT2D eigenvalue weighted by atomic mass is 15.2. The summed E-state index contributed by atoms with van der Waals surface area (Å²) in [4.78, 5) is 5.03. The molecule has 2 atom stereocenters. The molecule has 0 aliphatic carbocycles. The van der Waals surface area contributed by atoms with E-state index in [1.165, 1.54) is 39.0 Å². The van der Waals surface area contributed by atoms with Crippen molar-refractivity contribution in [1.82, 2.24) is 15.1 Å². The summed E-state index contributed by atoms with van der Waals surface area (Å²) in [7, 11) is 4.33. The molecule has 1 heterocycles. The first kappa shape index (κ1) is 16.9. The maximum atomic E-state index is 3.75. The van der Waals surface area contributed by atoms with Gasteiger partial charge in [-0.1, -0.05) is 27.7 Å². The first-order valence-electron chi connectivity index (χ1n) is 8.02. The van der Waals surface area contributed by atoms with E-state index in [4.69, 9.17) is 0 Å². The summed E-state index contributed by atoms with van der Waals surface area (Å²) in [6, 6.07) is 1.40. The summed E-state index contributed by atoms with van der Waals surface area (Å²) in [5.74, 6) is 1.52. The molecule has 1 aliphatic heterocycles. The van der Waals surface area contributed by atoms with Crippen LogP contribution in [-0.4, -0.2) is 62.2 Å². The second kappa shape index (κ2) is 8.23. The van der Waals surface area contributed by atoms with Crippen LogP contribution in [0.15, 0.2) is 0 Å². The van der Waals surface area contributed by atoms with Gasteiger partial charge < -0.3 is 10.2 Å². The van der Waals surface area contributed by atoms with Gasteiger partial charge in [0, 0.05) is 25.2 Å². The summed E-state index contributed by atoms with van der Waals surface area (Å²) in [5.41, 5.74) is 0. The zero-order chi connectivity index (χ0) is 14.4. The van der Waals surface area contributed by atoms with Crippen molar-refractivity contribution in [2.45, 2.75) is 52.6 Å². The molecule has 1 rings (SSSR count). The molecular weight excluding hydrogens is 234 g/mol. The van der Waals surface area contributed by atoms with Crippen LogP contribution in [0.3, 0.4) is 0 Å². The van der Waals surface area contributed by atoms with Crippen LogP contribution in [0.5, 0.6) is 0 Å². The van der Waals surface area contributed by atoms with Gasteiger partial charge in [0.2, 0.25) is 0 Å². The number of hydrogen-bond donors (Lipinski definition) is 1. The van der Waals surface area contributed by atoms with Crippen molar-refractivity contribution >= 4 is 0 Å². The fourth-order valence-corrected chi connectivity index (χ4v) is 2.97. The Hall–Kier alpha value is -0.120. The van der Waals surface area contributed by atoms with E-state index in [1.54, 1.807) is 0 Å². The lowest BCUT2D eigenvalue weighted by Gasteiger charge is -2.42. The lowest BCUT2D eigenvalue weighted by molar-refractivity contribution is 0.0958. The van der Waals surface area contributed by atoms with E-state index in [0.717, 1.165) is 17.9 Å². The molecule has 0 aromatic rings. The number of rotatable bonds is 7. The predicted octanol–water partition coefficient (Wildman–Crippen LogP) is 2.28. The summed E-state index contributed by atoms with van der Waals surface area (Å²) in [5, 5.41) is 3.75. The van der Waals surface area contributed by atoms with Gasteiger partial charge in [-0.05, 0) is 51.9 Å². The van der Waals surface area contributed by atoms with Gasteiger partial charge in [0.15, 0.2) is 0 Å². The van der Waals surface area contributed by atoms with E-state index < -0.39 is 0 Å². The number of piperazine rings is 1. The molecule has 0 aromatic heterocycles. The molecule has 114 valence electrons. The predicted molar refractivity (Wildman–Crippen MR) is 84.6 cm³/mol. The molecule has 0 radical (unpaired) electrons. The topological polar surface area (TPSA) is 18.5 Å². The Morgan fingerprint density at radius 1 is 1.21 bits per heavy atom. The Bertz CT molecular complexity index is 238. The van der Waals surface area contributed by atoms with Crippen LogP contribution in [0.4, 0.5) is 0 Å². The van der Waals surface area contributed by atoms with Crippen molar-refractivity contribution < 1.29 is 0 Å². The Morgan fingerprint density at radius 2 is 1.89 bits per heavy atom. The van der Waals surface area contributed by atoms with Gasteiger partial charge in [0.25, 0.3) is 0 Å². The maximum Gasteiger partial charge on any atom is 0.0223 e. The van der Waals surface area contributed by atoms with Crippen LogP contribution in [0, 0.1) is 11.8 Å². The van der Waals surface area contributed by atoms with E-state index in [-0.39, 0.29) is 0 Å². The van der Waals surface area contributed by atoms with E-state index >= 15 is 0 Å². The van der Waals surface area contributed by atoms with Crippen molar-refractivity contribution in [3.05, 3.63) is 0 Å². The molecule has 2 unspecified atom stereocenters. The van der Waals surface area contributed by atoms with Crippen LogP contribution >= 0.6 is 0 Å². The van der Waals surface area contributed by atoms with Crippen LogP contribution in [0.1, 0.15) is 40.5 Å². The Morgan fingerprint density at radius 3 is 2.42 bits per heavy atom. The van der Waals surface area contributed by atoms with Gasteiger partial charge in [-0.25, -0.2) is 0 Å². The summed E-state index contributed by atoms with van der Waals surface area (Å²) >= 11 is 0. The maximum absolute atomic E-state index is 3.75. The normalized spacial score (nSPS) is 25.7. The summed E-state index contributed by atoms with van der Waals surface area (Å²) in [6.45, 7) is 14.2. The van der Waals surface area contributed by atoms with Gasteiger partial charge in [0.1, 0.15) is 0 Å². The highest BCUT2D eigenvalue weighted by Gasteiger charge is 2.29. The van der Waals surface area contributed by atoms with Crippen molar-refractivity contribution in [3.63, 3.8) is 0 Å². The SMILES string of the molecule is CC(C)CC1CNC(C(C)C)CN1CCCN(C)C. The van der Waals surface area contributed by atoms with E-state index in [0.29, 0.717) is 6.04 Å². The van der Waals surface area contributed by atoms with Crippen molar-refractivity contribution in [2.24, 2.45) is 11.8 Å². The van der Waals surface area contributed by atoms with Crippen LogP contribution < -0.4 is 5.32 Å². The largest absolute Gasteiger partial charge is 0.311 e. The minimum atomic E-state index is 0.669. The lowest BCUT2D eigenvalue weighted by atomic mass is 9.95. The molecule has 1 aliphatic rings. The molecular formula is C16H35N3. The van der Waals surface area contributed by atoms with Gasteiger partial charge in [0.05, 0.1) is 0 Å². The Kier molecular flexibility index (Phi) is 7.33. The molecule has 0 aromatic carbocycles. The summed E-state index contributed by atoms with van der Waals surface area (Å²) < 4.78 is 0. The van der Waals surface area contributed by atoms with E-state index in [2.05, 4.69) is 56.9 Å². The van der Waals surface area contributed by atoms with Gasteiger partial charge in [-0.2, -0.15) is 0 Å². The van der Waals surface area contributed by atoms with Crippen molar-refractivity contribution in [3.8, 4) is 0 Å².